The largest absolute Gasteiger partial charge is 0.379 e. The predicted octanol–water partition coefficient (Wildman–Crippen LogP) is 3.51. The van der Waals surface area contributed by atoms with Crippen LogP contribution in [0.3, 0.4) is 0 Å². The van der Waals surface area contributed by atoms with Gasteiger partial charge in [-0.05, 0) is 44.2 Å². The topological polar surface area (TPSA) is 91.8 Å². The predicted molar refractivity (Wildman–Crippen MR) is 122 cm³/mol. The Labute approximate surface area is 192 Å². The summed E-state index contributed by atoms with van der Waals surface area (Å²) in [5, 5.41) is 3.03. The molecule has 1 saturated heterocycles. The third-order valence-electron chi connectivity index (χ3n) is 4.96. The Morgan fingerprint density at radius 3 is 2.48 bits per heavy atom. The van der Waals surface area contributed by atoms with E-state index >= 15 is 0 Å². The first-order chi connectivity index (χ1) is 14.8. The van der Waals surface area contributed by atoms with Gasteiger partial charge in [0.1, 0.15) is 10.8 Å². The van der Waals surface area contributed by atoms with E-state index in [4.69, 9.17) is 27.9 Å². The molecular weight excluding hydrogens is 463 g/mol. The quantitative estimate of drug-likeness (QED) is 0.602. The molecule has 0 aliphatic carbocycles. The van der Waals surface area contributed by atoms with E-state index in [0.29, 0.717) is 37.7 Å². The highest BCUT2D eigenvalue weighted by Gasteiger charge is 2.28. The first-order valence-corrected chi connectivity index (χ1v) is 12.1. The Morgan fingerprint density at radius 2 is 1.84 bits per heavy atom. The molecule has 0 bridgehead atoms. The van der Waals surface area contributed by atoms with E-state index in [2.05, 4.69) is 10.3 Å². The molecule has 1 N–H and O–H groups in total. The molecule has 0 atom stereocenters. The number of aromatic nitrogens is 1. The van der Waals surface area contributed by atoms with Crippen molar-refractivity contribution in [2.45, 2.75) is 18.7 Å². The highest BCUT2D eigenvalue weighted by Crippen LogP contribution is 2.31. The zero-order valence-corrected chi connectivity index (χ0v) is 19.6. The molecule has 1 aliphatic rings. The first kappa shape index (κ1) is 23.7. The summed E-state index contributed by atoms with van der Waals surface area (Å²) in [6.07, 6.45) is 0. The molecule has 1 fully saturated rings. The lowest BCUT2D eigenvalue weighted by atomic mass is 10.2. The molecule has 1 amide bonds. The van der Waals surface area contributed by atoms with E-state index in [1.807, 2.05) is 18.7 Å². The van der Waals surface area contributed by atoms with Gasteiger partial charge in [0.2, 0.25) is 10.0 Å². The van der Waals surface area contributed by atoms with Gasteiger partial charge in [-0.2, -0.15) is 4.31 Å². The smallest absolute Gasteiger partial charge is 0.275 e. The van der Waals surface area contributed by atoms with E-state index < -0.39 is 15.9 Å². The number of halogens is 2. The number of amides is 1. The fourth-order valence-electron chi connectivity index (χ4n) is 3.31. The lowest BCUT2D eigenvalue weighted by Gasteiger charge is -2.28. The van der Waals surface area contributed by atoms with Crippen LogP contribution in [0, 0.1) is 0 Å². The van der Waals surface area contributed by atoms with Crippen LogP contribution in [0.2, 0.25) is 10.2 Å². The van der Waals surface area contributed by atoms with Crippen molar-refractivity contribution in [1.29, 1.82) is 0 Å². The van der Waals surface area contributed by atoms with Gasteiger partial charge in [-0.1, -0.05) is 23.2 Å². The maximum Gasteiger partial charge on any atom is 0.275 e. The lowest BCUT2D eigenvalue weighted by molar-refractivity contribution is 0.0730. The number of pyridine rings is 1. The molecule has 1 aliphatic heterocycles. The number of nitrogens with zero attached hydrogens (tertiary/aromatic N) is 3. The second kappa shape index (κ2) is 10.1. The van der Waals surface area contributed by atoms with Gasteiger partial charge in [0.15, 0.2) is 0 Å². The van der Waals surface area contributed by atoms with Crippen LogP contribution >= 0.6 is 23.2 Å². The maximum atomic E-state index is 13.1. The van der Waals surface area contributed by atoms with Gasteiger partial charge in [0, 0.05) is 26.2 Å². The van der Waals surface area contributed by atoms with Crippen LogP contribution in [0.25, 0.3) is 0 Å². The van der Waals surface area contributed by atoms with Crippen LogP contribution in [-0.2, 0) is 14.8 Å². The third kappa shape index (κ3) is 5.30. The number of hydrogen-bond donors (Lipinski definition) is 1. The monoisotopic (exact) mass is 486 g/mol. The molecule has 0 radical (unpaired) electrons. The van der Waals surface area contributed by atoms with Crippen LogP contribution in [0.15, 0.2) is 35.2 Å². The number of ether oxygens (including phenoxy) is 1. The number of hydrogen-bond acceptors (Lipinski definition) is 6. The minimum atomic E-state index is -3.74. The van der Waals surface area contributed by atoms with Crippen LogP contribution in [-0.4, -0.2) is 63.0 Å². The molecule has 31 heavy (non-hydrogen) atoms. The summed E-state index contributed by atoms with van der Waals surface area (Å²) < 4.78 is 32.9. The fourth-order valence-corrected chi connectivity index (χ4v) is 5.08. The highest BCUT2D eigenvalue weighted by atomic mass is 35.5. The second-order valence-electron chi connectivity index (χ2n) is 6.79. The van der Waals surface area contributed by atoms with E-state index in [1.165, 1.54) is 22.5 Å². The Hall–Kier alpha value is -1.91. The molecule has 3 rings (SSSR count). The maximum absolute atomic E-state index is 13.1. The average Bonchev–Trinajstić information content (AvgIpc) is 2.77. The molecule has 1 aromatic heterocycles. The van der Waals surface area contributed by atoms with E-state index in [-0.39, 0.29) is 33.9 Å². The van der Waals surface area contributed by atoms with Gasteiger partial charge in [-0.3, -0.25) is 4.79 Å². The minimum Gasteiger partial charge on any atom is -0.379 e. The molecule has 8 nitrogen and oxygen atoms in total. The number of benzene rings is 1. The van der Waals surface area contributed by atoms with E-state index in [0.717, 1.165) is 0 Å². The van der Waals surface area contributed by atoms with Crippen LogP contribution < -0.4 is 10.2 Å². The molecular formula is C20H24Cl2N4O4S. The van der Waals surface area contributed by atoms with Gasteiger partial charge >= 0.3 is 0 Å². The summed E-state index contributed by atoms with van der Waals surface area (Å²) in [5.74, 6) is -0.582. The van der Waals surface area contributed by atoms with Crippen molar-refractivity contribution in [3.8, 4) is 0 Å². The average molecular weight is 487 g/mol. The number of morpholine rings is 1. The van der Waals surface area contributed by atoms with Crippen molar-refractivity contribution in [3.05, 3.63) is 46.2 Å². The Bertz CT molecular complexity index is 1060. The minimum absolute atomic E-state index is 0.0406. The van der Waals surface area contributed by atoms with Gasteiger partial charge in [0.25, 0.3) is 5.91 Å². The molecule has 11 heteroatoms. The Balaban J connectivity index is 2.02. The Morgan fingerprint density at radius 1 is 1.16 bits per heavy atom. The number of carbonyl (C=O) groups excluding carboxylic acids is 1. The summed E-state index contributed by atoms with van der Waals surface area (Å²) in [5.41, 5.74) is 0.999. The van der Waals surface area contributed by atoms with E-state index in [9.17, 15) is 13.2 Å². The zero-order chi connectivity index (χ0) is 22.6. The molecule has 0 saturated carbocycles. The number of anilines is 2. The molecule has 168 valence electrons. The van der Waals surface area contributed by atoms with Crippen LogP contribution in [0.1, 0.15) is 24.3 Å². The summed E-state index contributed by atoms with van der Waals surface area (Å²) >= 11 is 12.0. The van der Waals surface area contributed by atoms with Crippen molar-refractivity contribution in [3.63, 3.8) is 0 Å². The fraction of sp³-hybridized carbons (Fsp3) is 0.400. The normalized spacial score (nSPS) is 15.0. The number of carbonyl (C=O) groups is 1. The third-order valence-corrected chi connectivity index (χ3v) is 7.37. The second-order valence-corrected chi connectivity index (χ2v) is 9.52. The number of sulfonamides is 1. The van der Waals surface area contributed by atoms with Gasteiger partial charge in [-0.15, -0.1) is 0 Å². The lowest BCUT2D eigenvalue weighted by Crippen LogP contribution is -2.40. The van der Waals surface area contributed by atoms with Crippen molar-refractivity contribution >= 4 is 50.5 Å². The standard InChI is InChI=1S/C20H24Cl2N4O4S/c1-3-25(4-2)17-7-5-14(31(28,29)26-9-11-30-12-10-26)13-16(17)23-20(27)19-15(21)6-8-18(22)24-19/h5-8,13H,3-4,9-12H2,1-2H3,(H,23,27). The molecule has 0 unspecified atom stereocenters. The number of nitrogens with one attached hydrogen (secondary N) is 1. The molecule has 1 aromatic carbocycles. The number of rotatable bonds is 7. The highest BCUT2D eigenvalue weighted by molar-refractivity contribution is 7.89. The van der Waals surface area contributed by atoms with Gasteiger partial charge < -0.3 is 15.0 Å². The summed E-state index contributed by atoms with van der Waals surface area (Å²) in [6, 6.07) is 7.68. The molecule has 2 aromatic rings. The van der Waals surface area contributed by atoms with Crippen molar-refractivity contribution in [2.75, 3.05) is 49.6 Å². The van der Waals surface area contributed by atoms with Gasteiger partial charge in [-0.25, -0.2) is 13.4 Å². The SMILES string of the molecule is CCN(CC)c1ccc(S(=O)(=O)N2CCOCC2)cc1NC(=O)c1nc(Cl)ccc1Cl. The summed E-state index contributed by atoms with van der Waals surface area (Å²) in [4.78, 5) is 19.0. The van der Waals surface area contributed by atoms with Gasteiger partial charge in [0.05, 0.1) is 34.5 Å². The van der Waals surface area contributed by atoms with Crippen molar-refractivity contribution in [1.82, 2.24) is 9.29 Å². The zero-order valence-electron chi connectivity index (χ0n) is 17.3. The summed E-state index contributed by atoms with van der Waals surface area (Å²) in [7, 11) is -3.74. The van der Waals surface area contributed by atoms with Crippen molar-refractivity contribution in [2.24, 2.45) is 0 Å². The first-order valence-electron chi connectivity index (χ1n) is 9.88. The van der Waals surface area contributed by atoms with Crippen LogP contribution in [0.4, 0.5) is 11.4 Å². The molecule has 0 spiro atoms. The van der Waals surface area contributed by atoms with Crippen molar-refractivity contribution < 1.29 is 17.9 Å². The molecule has 2 heterocycles. The summed E-state index contributed by atoms with van der Waals surface area (Å²) in [6.45, 7) is 6.55. The van der Waals surface area contributed by atoms with Crippen LogP contribution in [0.5, 0.6) is 0 Å². The Kier molecular flexibility index (Phi) is 7.77. The van der Waals surface area contributed by atoms with E-state index in [1.54, 1.807) is 12.1 Å².